The first-order valence-electron chi connectivity index (χ1n) is 9.85. The first kappa shape index (κ1) is 20.2. The molecule has 0 aliphatic carbocycles. The lowest BCUT2D eigenvalue weighted by Crippen LogP contribution is -2.49. The van der Waals surface area contributed by atoms with E-state index in [1.165, 1.54) is 43.6 Å². The first-order chi connectivity index (χ1) is 12.2. The van der Waals surface area contributed by atoms with Crippen molar-refractivity contribution in [3.8, 4) is 0 Å². The highest BCUT2D eigenvalue weighted by molar-refractivity contribution is 7.11. The molecule has 6 heteroatoms. The lowest BCUT2D eigenvalue weighted by molar-refractivity contribution is 0.166. The van der Waals surface area contributed by atoms with Crippen LogP contribution in [-0.2, 0) is 6.54 Å². The Morgan fingerprint density at radius 3 is 2.52 bits per heavy atom. The Morgan fingerprint density at radius 1 is 1.24 bits per heavy atom. The fourth-order valence-electron chi connectivity index (χ4n) is 3.66. The van der Waals surface area contributed by atoms with E-state index in [0.717, 1.165) is 30.0 Å². The fraction of sp³-hybridized carbons (Fsp3) is 0.789. The summed E-state index contributed by atoms with van der Waals surface area (Å²) in [6.07, 6.45) is 7.09. The minimum absolute atomic E-state index is 0.600. The standard InChI is InChI=1S/C19H35N5S/c1-5-16(6-2)17(24-10-8-9-11-24)13-22-19(20-7-3)23-14-18-21-12-15(4)25-18/h12,16-17H,5-11,13-14H2,1-4H3,(H2,20,22,23). The summed E-state index contributed by atoms with van der Waals surface area (Å²) in [6, 6.07) is 0.600. The molecule has 1 unspecified atom stereocenters. The van der Waals surface area contributed by atoms with Gasteiger partial charge in [-0.1, -0.05) is 26.7 Å². The Hall–Kier alpha value is -1.14. The normalized spacial score (nSPS) is 17.2. The highest BCUT2D eigenvalue weighted by atomic mass is 32.1. The topological polar surface area (TPSA) is 52.6 Å². The van der Waals surface area contributed by atoms with Crippen molar-refractivity contribution in [1.29, 1.82) is 0 Å². The number of aromatic nitrogens is 1. The molecule has 25 heavy (non-hydrogen) atoms. The van der Waals surface area contributed by atoms with Gasteiger partial charge in [-0.05, 0) is 45.7 Å². The molecule has 0 bridgehead atoms. The van der Waals surface area contributed by atoms with E-state index < -0.39 is 0 Å². The third kappa shape index (κ3) is 6.26. The zero-order chi connectivity index (χ0) is 18.1. The minimum atomic E-state index is 0.600. The molecule has 142 valence electrons. The molecule has 2 heterocycles. The van der Waals surface area contributed by atoms with Crippen LogP contribution >= 0.6 is 11.3 Å². The number of guanidine groups is 1. The van der Waals surface area contributed by atoms with Crippen molar-refractivity contribution in [1.82, 2.24) is 20.5 Å². The molecule has 1 fully saturated rings. The van der Waals surface area contributed by atoms with Crippen LogP contribution in [-0.4, -0.2) is 48.1 Å². The number of rotatable bonds is 9. The van der Waals surface area contributed by atoms with Gasteiger partial charge in [-0.2, -0.15) is 0 Å². The van der Waals surface area contributed by atoms with E-state index in [4.69, 9.17) is 4.99 Å². The summed E-state index contributed by atoms with van der Waals surface area (Å²) in [7, 11) is 0. The number of aryl methyl sites for hydroxylation is 1. The van der Waals surface area contributed by atoms with Crippen LogP contribution in [0.4, 0.5) is 0 Å². The molecule has 0 aromatic carbocycles. The van der Waals surface area contributed by atoms with Crippen LogP contribution in [0.25, 0.3) is 0 Å². The minimum Gasteiger partial charge on any atom is -0.357 e. The maximum absolute atomic E-state index is 4.73. The average Bonchev–Trinajstić information content (AvgIpc) is 3.28. The highest BCUT2D eigenvalue weighted by Crippen LogP contribution is 2.22. The van der Waals surface area contributed by atoms with E-state index in [-0.39, 0.29) is 0 Å². The Bertz CT molecular complexity index is 516. The number of thiazole rings is 1. The molecular weight excluding hydrogens is 330 g/mol. The number of likely N-dealkylation sites (tertiary alicyclic amines) is 1. The van der Waals surface area contributed by atoms with Crippen molar-refractivity contribution in [2.45, 2.75) is 66.0 Å². The number of aliphatic imine (C=N–C) groups is 1. The summed E-state index contributed by atoms with van der Waals surface area (Å²) in [5, 5.41) is 8.05. The van der Waals surface area contributed by atoms with E-state index in [1.54, 1.807) is 11.3 Å². The van der Waals surface area contributed by atoms with Gasteiger partial charge in [0.2, 0.25) is 0 Å². The van der Waals surface area contributed by atoms with Crippen LogP contribution in [0.2, 0.25) is 0 Å². The molecule has 1 atom stereocenters. The smallest absolute Gasteiger partial charge is 0.191 e. The van der Waals surface area contributed by atoms with Crippen LogP contribution in [0.3, 0.4) is 0 Å². The van der Waals surface area contributed by atoms with Gasteiger partial charge in [0, 0.05) is 30.2 Å². The monoisotopic (exact) mass is 365 g/mol. The summed E-state index contributed by atoms with van der Waals surface area (Å²) in [5.41, 5.74) is 0. The number of nitrogens with zero attached hydrogens (tertiary/aromatic N) is 3. The van der Waals surface area contributed by atoms with Crippen LogP contribution < -0.4 is 10.6 Å². The Balaban J connectivity index is 1.97. The van der Waals surface area contributed by atoms with Gasteiger partial charge >= 0.3 is 0 Å². The van der Waals surface area contributed by atoms with Gasteiger partial charge in [-0.25, -0.2) is 9.98 Å². The van der Waals surface area contributed by atoms with Crippen molar-refractivity contribution in [2.24, 2.45) is 10.9 Å². The van der Waals surface area contributed by atoms with Crippen LogP contribution in [0.5, 0.6) is 0 Å². The van der Waals surface area contributed by atoms with Crippen LogP contribution in [0.1, 0.15) is 56.3 Å². The second kappa shape index (κ2) is 10.8. The summed E-state index contributed by atoms with van der Waals surface area (Å²) < 4.78 is 0. The van der Waals surface area contributed by atoms with Crippen LogP contribution in [0.15, 0.2) is 11.2 Å². The molecular formula is C19H35N5S. The van der Waals surface area contributed by atoms with Crippen LogP contribution in [0, 0.1) is 12.8 Å². The largest absolute Gasteiger partial charge is 0.357 e. The molecule has 0 spiro atoms. The zero-order valence-corrected chi connectivity index (χ0v) is 17.2. The van der Waals surface area contributed by atoms with Crippen molar-refractivity contribution in [2.75, 3.05) is 26.2 Å². The molecule has 1 aromatic heterocycles. The van der Waals surface area contributed by atoms with Gasteiger partial charge < -0.3 is 10.6 Å². The molecule has 0 saturated carbocycles. The number of hydrogen-bond donors (Lipinski definition) is 2. The lowest BCUT2D eigenvalue weighted by Gasteiger charge is -2.34. The third-order valence-corrected chi connectivity index (χ3v) is 5.96. The molecule has 1 aliphatic heterocycles. The van der Waals surface area contributed by atoms with Gasteiger partial charge in [0.25, 0.3) is 0 Å². The number of hydrogen-bond acceptors (Lipinski definition) is 4. The second-order valence-corrected chi connectivity index (χ2v) is 8.15. The molecule has 1 aromatic rings. The summed E-state index contributed by atoms with van der Waals surface area (Å²) in [4.78, 5) is 13.1. The molecule has 0 radical (unpaired) electrons. The first-order valence-corrected chi connectivity index (χ1v) is 10.7. The van der Waals surface area contributed by atoms with E-state index in [1.807, 2.05) is 6.20 Å². The molecule has 1 saturated heterocycles. The van der Waals surface area contributed by atoms with Gasteiger partial charge in [0.1, 0.15) is 5.01 Å². The van der Waals surface area contributed by atoms with Crippen molar-refractivity contribution >= 4 is 17.3 Å². The Labute approximate surface area is 157 Å². The van der Waals surface area contributed by atoms with E-state index in [9.17, 15) is 0 Å². The van der Waals surface area contributed by atoms with Crippen molar-refractivity contribution in [3.63, 3.8) is 0 Å². The Morgan fingerprint density at radius 2 is 1.96 bits per heavy atom. The van der Waals surface area contributed by atoms with Gasteiger partial charge in [0.05, 0.1) is 6.54 Å². The maximum atomic E-state index is 4.73. The number of nitrogens with one attached hydrogen (secondary N) is 2. The molecule has 1 aliphatic rings. The van der Waals surface area contributed by atoms with Gasteiger partial charge in [-0.3, -0.25) is 4.90 Å². The summed E-state index contributed by atoms with van der Waals surface area (Å²) >= 11 is 1.72. The van der Waals surface area contributed by atoms with E-state index >= 15 is 0 Å². The van der Waals surface area contributed by atoms with E-state index in [2.05, 4.69) is 48.2 Å². The maximum Gasteiger partial charge on any atom is 0.191 e. The zero-order valence-electron chi connectivity index (χ0n) is 16.3. The highest BCUT2D eigenvalue weighted by Gasteiger charge is 2.27. The van der Waals surface area contributed by atoms with E-state index in [0.29, 0.717) is 12.6 Å². The average molecular weight is 366 g/mol. The summed E-state index contributed by atoms with van der Waals surface area (Å²) in [6.45, 7) is 13.8. The van der Waals surface area contributed by atoms with Gasteiger partial charge in [0.15, 0.2) is 5.96 Å². The fourth-order valence-corrected chi connectivity index (χ4v) is 4.38. The second-order valence-electron chi connectivity index (χ2n) is 6.83. The quantitative estimate of drug-likeness (QED) is 0.520. The molecule has 5 nitrogen and oxygen atoms in total. The van der Waals surface area contributed by atoms with Crippen molar-refractivity contribution < 1.29 is 0 Å². The lowest BCUT2D eigenvalue weighted by atomic mass is 9.93. The van der Waals surface area contributed by atoms with Gasteiger partial charge in [-0.15, -0.1) is 11.3 Å². The molecule has 0 amide bonds. The third-order valence-electron chi connectivity index (χ3n) is 5.07. The predicted molar refractivity (Wildman–Crippen MR) is 108 cm³/mol. The van der Waals surface area contributed by atoms with Crippen molar-refractivity contribution in [3.05, 3.63) is 16.1 Å². The predicted octanol–water partition coefficient (Wildman–Crippen LogP) is 3.41. The molecule has 2 rings (SSSR count). The SMILES string of the molecule is CCNC(=NCc1ncc(C)s1)NCC(C(CC)CC)N1CCCC1. The Kier molecular flexibility index (Phi) is 8.68. The molecule has 2 N–H and O–H groups in total. The summed E-state index contributed by atoms with van der Waals surface area (Å²) in [5.74, 6) is 1.65.